The molecule has 0 saturated carbocycles. The molecule has 0 spiro atoms. The highest BCUT2D eigenvalue weighted by atomic mass is 19.1. The van der Waals surface area contributed by atoms with Crippen molar-refractivity contribution in [2.45, 2.75) is 0 Å². The molecule has 0 bridgehead atoms. The Balaban J connectivity index is 3.20. The van der Waals surface area contributed by atoms with E-state index in [1.807, 2.05) is 0 Å². The molecule has 1 N–H and O–H groups in total. The zero-order valence-electron chi connectivity index (χ0n) is 5.13. The summed E-state index contributed by atoms with van der Waals surface area (Å²) < 4.78 is 12.4. The Bertz CT molecular complexity index is 286. The van der Waals surface area contributed by atoms with E-state index in [-0.39, 0.29) is 5.75 Å². The molecule has 0 aliphatic heterocycles. The average Bonchev–Trinajstić information content (AvgIpc) is 1.95. The summed E-state index contributed by atoms with van der Waals surface area (Å²) in [6, 6.07) is 3.80. The van der Waals surface area contributed by atoms with E-state index in [1.54, 1.807) is 0 Å². The number of benzene rings is 1. The molecule has 0 heterocycles. The minimum atomic E-state index is -0.685. The SMILES string of the molecule is C#Cc1ccc(O)c(F)c1. The summed E-state index contributed by atoms with van der Waals surface area (Å²) in [5.41, 5.74) is 0.426. The van der Waals surface area contributed by atoms with Crippen LogP contribution < -0.4 is 0 Å². The van der Waals surface area contributed by atoms with Crippen molar-refractivity contribution in [1.82, 2.24) is 0 Å². The molecule has 0 atom stereocenters. The Labute approximate surface area is 58.1 Å². The molecular weight excluding hydrogens is 131 g/mol. The van der Waals surface area contributed by atoms with Gasteiger partial charge in [-0.2, -0.15) is 0 Å². The first-order valence-electron chi connectivity index (χ1n) is 2.69. The molecular formula is C8H5FO. The van der Waals surface area contributed by atoms with Crippen LogP contribution in [0.4, 0.5) is 4.39 Å². The van der Waals surface area contributed by atoms with Crippen LogP contribution in [-0.4, -0.2) is 5.11 Å². The van der Waals surface area contributed by atoms with E-state index in [0.29, 0.717) is 5.56 Å². The second kappa shape index (κ2) is 2.40. The van der Waals surface area contributed by atoms with Crippen LogP contribution in [-0.2, 0) is 0 Å². The first kappa shape index (κ1) is 6.63. The van der Waals surface area contributed by atoms with E-state index in [1.165, 1.54) is 12.1 Å². The fraction of sp³-hybridized carbons (Fsp3) is 0. The lowest BCUT2D eigenvalue weighted by atomic mass is 10.2. The zero-order valence-corrected chi connectivity index (χ0v) is 5.13. The Morgan fingerprint density at radius 3 is 2.70 bits per heavy atom. The highest BCUT2D eigenvalue weighted by Gasteiger charge is 1.97. The smallest absolute Gasteiger partial charge is 0.166 e. The van der Waals surface area contributed by atoms with Gasteiger partial charge in [0.1, 0.15) is 0 Å². The van der Waals surface area contributed by atoms with Crippen LogP contribution in [0, 0.1) is 18.2 Å². The summed E-state index contributed by atoms with van der Waals surface area (Å²) in [6.45, 7) is 0. The van der Waals surface area contributed by atoms with Crippen LogP contribution >= 0.6 is 0 Å². The number of hydrogen-bond acceptors (Lipinski definition) is 1. The molecule has 1 nitrogen and oxygen atoms in total. The van der Waals surface area contributed by atoms with Gasteiger partial charge in [0, 0.05) is 5.56 Å². The maximum atomic E-state index is 12.4. The third-order valence-electron chi connectivity index (χ3n) is 1.11. The lowest BCUT2D eigenvalue weighted by molar-refractivity contribution is 0.432. The predicted octanol–water partition coefficient (Wildman–Crippen LogP) is 1.51. The van der Waals surface area contributed by atoms with Gasteiger partial charge >= 0.3 is 0 Å². The molecule has 50 valence electrons. The maximum absolute atomic E-state index is 12.4. The van der Waals surface area contributed by atoms with Gasteiger partial charge in [-0.15, -0.1) is 6.42 Å². The fourth-order valence-electron chi connectivity index (χ4n) is 0.597. The van der Waals surface area contributed by atoms with Crippen molar-refractivity contribution < 1.29 is 9.50 Å². The van der Waals surface area contributed by atoms with Crippen LogP contribution in [0.15, 0.2) is 18.2 Å². The third-order valence-corrected chi connectivity index (χ3v) is 1.11. The van der Waals surface area contributed by atoms with Crippen molar-refractivity contribution in [1.29, 1.82) is 0 Å². The largest absolute Gasteiger partial charge is 0.505 e. The zero-order chi connectivity index (χ0) is 7.56. The first-order valence-corrected chi connectivity index (χ1v) is 2.69. The van der Waals surface area contributed by atoms with Crippen molar-refractivity contribution >= 4 is 0 Å². The highest BCUT2D eigenvalue weighted by molar-refractivity contribution is 5.37. The van der Waals surface area contributed by atoms with E-state index in [0.717, 1.165) is 6.07 Å². The second-order valence-electron chi connectivity index (χ2n) is 1.81. The van der Waals surface area contributed by atoms with Crippen molar-refractivity contribution in [3.05, 3.63) is 29.6 Å². The molecule has 0 aliphatic carbocycles. The predicted molar refractivity (Wildman–Crippen MR) is 36.0 cm³/mol. The van der Waals surface area contributed by atoms with Crippen LogP contribution in [0.2, 0.25) is 0 Å². The number of rotatable bonds is 0. The van der Waals surface area contributed by atoms with Gasteiger partial charge in [0.25, 0.3) is 0 Å². The number of phenolic OH excluding ortho intramolecular Hbond substituents is 1. The average molecular weight is 136 g/mol. The number of phenols is 1. The monoisotopic (exact) mass is 136 g/mol. The van der Waals surface area contributed by atoms with E-state index in [2.05, 4.69) is 5.92 Å². The molecule has 1 aromatic rings. The van der Waals surface area contributed by atoms with Crippen LogP contribution in [0.1, 0.15) is 5.56 Å². The number of aromatic hydroxyl groups is 1. The van der Waals surface area contributed by atoms with Crippen LogP contribution in [0.3, 0.4) is 0 Å². The molecule has 1 aromatic carbocycles. The van der Waals surface area contributed by atoms with Crippen LogP contribution in [0.5, 0.6) is 5.75 Å². The number of terminal acetylenes is 1. The molecule has 0 radical (unpaired) electrons. The lowest BCUT2D eigenvalue weighted by Gasteiger charge is -1.93. The van der Waals surface area contributed by atoms with E-state index in [9.17, 15) is 4.39 Å². The third kappa shape index (κ3) is 1.08. The standard InChI is InChI=1S/C8H5FO/c1-2-6-3-4-8(10)7(9)5-6/h1,3-5,10H. The van der Waals surface area contributed by atoms with Gasteiger partial charge in [-0.3, -0.25) is 0 Å². The number of hydrogen-bond donors (Lipinski definition) is 1. The Morgan fingerprint density at radius 2 is 2.20 bits per heavy atom. The van der Waals surface area contributed by atoms with Crippen molar-refractivity contribution in [2.75, 3.05) is 0 Å². The van der Waals surface area contributed by atoms with Crippen molar-refractivity contribution in [2.24, 2.45) is 0 Å². The Kier molecular flexibility index (Phi) is 1.59. The van der Waals surface area contributed by atoms with E-state index in [4.69, 9.17) is 11.5 Å². The fourth-order valence-corrected chi connectivity index (χ4v) is 0.597. The minimum absolute atomic E-state index is 0.376. The molecule has 0 saturated heterocycles. The van der Waals surface area contributed by atoms with E-state index >= 15 is 0 Å². The second-order valence-corrected chi connectivity index (χ2v) is 1.81. The molecule has 0 fully saturated rings. The van der Waals surface area contributed by atoms with Gasteiger partial charge in [-0.25, -0.2) is 4.39 Å². The molecule has 1 rings (SSSR count). The molecule has 0 amide bonds. The van der Waals surface area contributed by atoms with Crippen molar-refractivity contribution in [3.8, 4) is 18.1 Å². The van der Waals surface area contributed by atoms with Crippen molar-refractivity contribution in [3.63, 3.8) is 0 Å². The lowest BCUT2D eigenvalue weighted by Crippen LogP contribution is -1.77. The topological polar surface area (TPSA) is 20.2 Å². The van der Waals surface area contributed by atoms with Gasteiger partial charge in [-0.1, -0.05) is 5.92 Å². The molecule has 0 aliphatic rings. The summed E-state index contributed by atoms with van der Waals surface area (Å²) in [5.74, 6) is 1.18. The van der Waals surface area contributed by atoms with Gasteiger partial charge in [0.2, 0.25) is 0 Å². The molecule has 0 unspecified atom stereocenters. The van der Waals surface area contributed by atoms with Gasteiger partial charge in [0.15, 0.2) is 11.6 Å². The van der Waals surface area contributed by atoms with Gasteiger partial charge < -0.3 is 5.11 Å². The summed E-state index contributed by atoms with van der Waals surface area (Å²) in [4.78, 5) is 0. The quantitative estimate of drug-likeness (QED) is 0.536. The molecule has 0 aromatic heterocycles. The van der Waals surface area contributed by atoms with Gasteiger partial charge in [-0.05, 0) is 18.2 Å². The summed E-state index contributed by atoms with van der Waals surface area (Å²) in [6.07, 6.45) is 4.97. The van der Waals surface area contributed by atoms with Gasteiger partial charge in [0.05, 0.1) is 0 Å². The summed E-state index contributed by atoms with van der Waals surface area (Å²) in [5, 5.41) is 8.70. The molecule has 2 heteroatoms. The van der Waals surface area contributed by atoms with Crippen LogP contribution in [0.25, 0.3) is 0 Å². The maximum Gasteiger partial charge on any atom is 0.166 e. The molecule has 10 heavy (non-hydrogen) atoms. The minimum Gasteiger partial charge on any atom is -0.505 e. The highest BCUT2D eigenvalue weighted by Crippen LogP contribution is 2.14. The number of halogens is 1. The normalized spacial score (nSPS) is 8.80. The Hall–Kier alpha value is -1.49. The summed E-state index contributed by atoms with van der Waals surface area (Å²) in [7, 11) is 0. The van der Waals surface area contributed by atoms with E-state index < -0.39 is 5.82 Å². The Morgan fingerprint density at radius 1 is 1.50 bits per heavy atom. The first-order chi connectivity index (χ1) is 4.74. The summed E-state index contributed by atoms with van der Waals surface area (Å²) >= 11 is 0.